The van der Waals surface area contributed by atoms with Crippen LogP contribution in [0.4, 0.5) is 0 Å². The summed E-state index contributed by atoms with van der Waals surface area (Å²) in [6, 6.07) is 0. The van der Waals surface area contributed by atoms with Gasteiger partial charge in [0.05, 0.1) is 0 Å². The predicted molar refractivity (Wildman–Crippen MR) is 34.4 cm³/mol. The van der Waals surface area contributed by atoms with Crippen LogP contribution in [0.25, 0.3) is 0 Å². The second kappa shape index (κ2) is 3.18. The van der Waals surface area contributed by atoms with Gasteiger partial charge in [-0.2, -0.15) is 0 Å². The van der Waals surface area contributed by atoms with Gasteiger partial charge in [-0.1, -0.05) is 0 Å². The molecule has 0 aromatic rings. The van der Waals surface area contributed by atoms with E-state index in [0.717, 1.165) is 13.0 Å². The summed E-state index contributed by atoms with van der Waals surface area (Å²) in [6.07, 6.45) is 1.46. The second-order valence-corrected chi connectivity index (χ2v) is 2.71. The van der Waals surface area contributed by atoms with Crippen molar-refractivity contribution in [3.63, 3.8) is 0 Å². The fraction of sp³-hybridized carbons (Fsp3) is 0.833. The van der Waals surface area contributed by atoms with E-state index in [1.165, 1.54) is 0 Å². The van der Waals surface area contributed by atoms with Crippen LogP contribution in [0.15, 0.2) is 0 Å². The van der Waals surface area contributed by atoms with Crippen LogP contribution >= 0.6 is 11.6 Å². The molecular formula is C6H9ClO2. The molecule has 9 heavy (non-hydrogen) atoms. The highest BCUT2D eigenvalue weighted by Crippen LogP contribution is 2.16. The molecule has 0 N–H and O–H groups in total. The largest absolute Gasteiger partial charge is 0.381 e. The van der Waals surface area contributed by atoms with Gasteiger partial charge >= 0.3 is 0 Å². The summed E-state index contributed by atoms with van der Waals surface area (Å²) >= 11 is 5.16. The lowest BCUT2D eigenvalue weighted by Gasteiger charge is -1.99. The minimum Gasteiger partial charge on any atom is -0.381 e. The molecule has 52 valence electrons. The number of ether oxygens (including phenoxy) is 1. The van der Waals surface area contributed by atoms with Crippen molar-refractivity contribution in [3.8, 4) is 0 Å². The van der Waals surface area contributed by atoms with Gasteiger partial charge in [-0.05, 0) is 23.9 Å². The molecule has 0 unspecified atom stereocenters. The molecule has 3 heteroatoms. The van der Waals surface area contributed by atoms with Crippen LogP contribution in [-0.2, 0) is 9.53 Å². The van der Waals surface area contributed by atoms with E-state index in [2.05, 4.69) is 0 Å². The van der Waals surface area contributed by atoms with Gasteiger partial charge in [0.25, 0.3) is 0 Å². The van der Waals surface area contributed by atoms with Gasteiger partial charge in [-0.3, -0.25) is 4.79 Å². The van der Waals surface area contributed by atoms with Crippen LogP contribution < -0.4 is 0 Å². The Morgan fingerprint density at radius 3 is 3.00 bits per heavy atom. The number of halogens is 1. The molecule has 0 saturated carbocycles. The maximum atomic E-state index is 10.3. The molecule has 1 saturated heterocycles. The number of hydrogen-bond acceptors (Lipinski definition) is 2. The van der Waals surface area contributed by atoms with Gasteiger partial charge in [0.1, 0.15) is 0 Å². The minimum absolute atomic E-state index is 0.245. The first-order chi connectivity index (χ1) is 4.29. The molecular weight excluding hydrogens is 140 g/mol. The van der Waals surface area contributed by atoms with Crippen LogP contribution in [-0.4, -0.2) is 18.5 Å². The highest BCUT2D eigenvalue weighted by molar-refractivity contribution is 6.63. The summed E-state index contributed by atoms with van der Waals surface area (Å²) in [7, 11) is 0. The maximum Gasteiger partial charge on any atom is 0.221 e. The standard InChI is InChI=1S/C6H9ClO2/c7-6(8)3-5-1-2-9-4-5/h5H,1-4H2/t5-/m0/s1. The van der Waals surface area contributed by atoms with Crippen LogP contribution in [0, 0.1) is 5.92 Å². The van der Waals surface area contributed by atoms with Crippen LogP contribution in [0.2, 0.25) is 0 Å². The smallest absolute Gasteiger partial charge is 0.221 e. The highest BCUT2D eigenvalue weighted by atomic mass is 35.5. The zero-order valence-corrected chi connectivity index (χ0v) is 5.86. The predicted octanol–water partition coefficient (Wildman–Crippen LogP) is 1.18. The molecule has 0 spiro atoms. The molecule has 1 rings (SSSR count). The topological polar surface area (TPSA) is 26.3 Å². The Bertz CT molecular complexity index is 108. The van der Waals surface area contributed by atoms with E-state index in [1.807, 2.05) is 0 Å². The van der Waals surface area contributed by atoms with E-state index in [9.17, 15) is 4.79 Å². The van der Waals surface area contributed by atoms with E-state index in [-0.39, 0.29) is 5.24 Å². The molecule has 0 aromatic carbocycles. The van der Waals surface area contributed by atoms with E-state index in [1.54, 1.807) is 0 Å². The first-order valence-electron chi connectivity index (χ1n) is 3.05. The van der Waals surface area contributed by atoms with E-state index < -0.39 is 0 Å². The lowest BCUT2D eigenvalue weighted by molar-refractivity contribution is -0.112. The van der Waals surface area contributed by atoms with Crippen molar-refractivity contribution in [1.29, 1.82) is 0 Å². The molecule has 0 aromatic heterocycles. The summed E-state index contributed by atoms with van der Waals surface area (Å²) in [5, 5.41) is -0.245. The fourth-order valence-electron chi connectivity index (χ4n) is 0.971. The summed E-state index contributed by atoms with van der Waals surface area (Å²) in [6.45, 7) is 1.49. The van der Waals surface area contributed by atoms with Gasteiger partial charge in [-0.15, -0.1) is 0 Å². The Morgan fingerprint density at radius 1 is 1.78 bits per heavy atom. The van der Waals surface area contributed by atoms with Crippen LogP contribution in [0.1, 0.15) is 12.8 Å². The SMILES string of the molecule is O=C(Cl)C[C@@H]1CCOC1. The normalized spacial score (nSPS) is 26.6. The average Bonchev–Trinajstić information content (AvgIpc) is 2.15. The average molecular weight is 149 g/mol. The zero-order valence-electron chi connectivity index (χ0n) is 5.10. The molecule has 1 aliphatic rings. The summed E-state index contributed by atoms with van der Waals surface area (Å²) in [5.74, 6) is 0.384. The number of rotatable bonds is 2. The van der Waals surface area contributed by atoms with Crippen molar-refractivity contribution in [2.75, 3.05) is 13.2 Å². The molecule has 1 aliphatic heterocycles. The minimum atomic E-state index is -0.245. The molecule has 1 fully saturated rings. The molecule has 1 heterocycles. The molecule has 0 bridgehead atoms. The third kappa shape index (κ3) is 2.33. The third-order valence-corrected chi connectivity index (χ3v) is 1.63. The van der Waals surface area contributed by atoms with Gasteiger partial charge < -0.3 is 4.74 Å². The Hall–Kier alpha value is -0.0800. The lowest BCUT2D eigenvalue weighted by atomic mass is 10.1. The summed E-state index contributed by atoms with van der Waals surface area (Å²) in [4.78, 5) is 10.3. The van der Waals surface area contributed by atoms with Crippen molar-refractivity contribution >= 4 is 16.8 Å². The quantitative estimate of drug-likeness (QED) is 0.550. The first kappa shape index (κ1) is 7.03. The molecule has 0 aliphatic carbocycles. The van der Waals surface area contributed by atoms with Gasteiger partial charge in [0.15, 0.2) is 0 Å². The van der Waals surface area contributed by atoms with Crippen molar-refractivity contribution < 1.29 is 9.53 Å². The van der Waals surface area contributed by atoms with Crippen molar-refractivity contribution in [1.82, 2.24) is 0 Å². The molecule has 2 nitrogen and oxygen atoms in total. The van der Waals surface area contributed by atoms with Crippen LogP contribution in [0.3, 0.4) is 0 Å². The Kier molecular flexibility index (Phi) is 2.49. The molecule has 0 amide bonds. The van der Waals surface area contributed by atoms with Crippen molar-refractivity contribution in [2.24, 2.45) is 5.92 Å². The number of carbonyl (C=O) groups is 1. The number of hydrogen-bond donors (Lipinski definition) is 0. The molecule has 0 radical (unpaired) electrons. The second-order valence-electron chi connectivity index (χ2n) is 2.29. The summed E-state index contributed by atoms with van der Waals surface area (Å²) < 4.78 is 5.05. The van der Waals surface area contributed by atoms with E-state index in [0.29, 0.717) is 18.9 Å². The van der Waals surface area contributed by atoms with E-state index in [4.69, 9.17) is 16.3 Å². The van der Waals surface area contributed by atoms with Gasteiger partial charge in [0.2, 0.25) is 5.24 Å². The maximum absolute atomic E-state index is 10.3. The fourth-order valence-corrected chi connectivity index (χ4v) is 1.19. The third-order valence-electron chi connectivity index (χ3n) is 1.47. The summed E-state index contributed by atoms with van der Waals surface area (Å²) in [5.41, 5.74) is 0. The monoisotopic (exact) mass is 148 g/mol. The zero-order chi connectivity index (χ0) is 6.69. The van der Waals surface area contributed by atoms with Gasteiger partial charge in [-0.25, -0.2) is 0 Å². The van der Waals surface area contributed by atoms with Crippen LogP contribution in [0.5, 0.6) is 0 Å². The molecule has 1 atom stereocenters. The van der Waals surface area contributed by atoms with Crippen molar-refractivity contribution in [2.45, 2.75) is 12.8 Å². The van der Waals surface area contributed by atoms with Gasteiger partial charge in [0, 0.05) is 19.6 Å². The Balaban J connectivity index is 2.19. The first-order valence-corrected chi connectivity index (χ1v) is 3.43. The van der Waals surface area contributed by atoms with Crippen molar-refractivity contribution in [3.05, 3.63) is 0 Å². The Labute approximate surface area is 59.1 Å². The highest BCUT2D eigenvalue weighted by Gasteiger charge is 2.17. The lowest BCUT2D eigenvalue weighted by Crippen LogP contribution is -2.02. The van der Waals surface area contributed by atoms with E-state index >= 15 is 0 Å². The number of carbonyl (C=O) groups excluding carboxylic acids is 1. The Morgan fingerprint density at radius 2 is 2.56 bits per heavy atom.